The summed E-state index contributed by atoms with van der Waals surface area (Å²) < 4.78 is 1.72. The Bertz CT molecular complexity index is 553. The minimum atomic E-state index is 0.418. The fourth-order valence-electron chi connectivity index (χ4n) is 1.29. The maximum absolute atomic E-state index is 10.8. The fraction of sp³-hybridized carbons (Fsp3) is 0. The standard InChI is InChI=1S/C10H4BrNOS/c11-10-7-1-2-14-9(7)3-6(4-12)8(10)5-13/h1-3,5H. The average Bonchev–Trinajstić information content (AvgIpc) is 2.65. The number of halogens is 1. The third-order valence-electron chi connectivity index (χ3n) is 1.97. The molecule has 0 saturated heterocycles. The SMILES string of the molecule is N#Cc1cc2sccc2c(Br)c1C=O. The van der Waals surface area contributed by atoms with Gasteiger partial charge in [-0.3, -0.25) is 4.79 Å². The molecule has 0 aliphatic rings. The second kappa shape index (κ2) is 3.52. The van der Waals surface area contributed by atoms with E-state index in [2.05, 4.69) is 15.9 Å². The first-order chi connectivity index (χ1) is 6.77. The van der Waals surface area contributed by atoms with Crippen molar-refractivity contribution in [3.8, 4) is 6.07 Å². The summed E-state index contributed by atoms with van der Waals surface area (Å²) in [5, 5.41) is 11.8. The van der Waals surface area contributed by atoms with Gasteiger partial charge in [-0.2, -0.15) is 5.26 Å². The Hall–Kier alpha value is -1.18. The van der Waals surface area contributed by atoms with Crippen LogP contribution < -0.4 is 0 Å². The van der Waals surface area contributed by atoms with E-state index in [0.29, 0.717) is 21.9 Å². The van der Waals surface area contributed by atoms with E-state index in [-0.39, 0.29) is 0 Å². The topological polar surface area (TPSA) is 40.9 Å². The predicted molar refractivity (Wildman–Crippen MR) is 59.6 cm³/mol. The number of hydrogen-bond acceptors (Lipinski definition) is 3. The van der Waals surface area contributed by atoms with Crippen LogP contribution in [0.15, 0.2) is 22.0 Å². The maximum atomic E-state index is 10.8. The van der Waals surface area contributed by atoms with Gasteiger partial charge in [0.05, 0.1) is 11.6 Å². The molecule has 2 aromatic rings. The molecule has 0 fully saturated rings. The van der Waals surface area contributed by atoms with E-state index in [1.165, 1.54) is 0 Å². The van der Waals surface area contributed by atoms with Crippen molar-refractivity contribution in [3.05, 3.63) is 33.1 Å². The number of nitriles is 1. The summed E-state index contributed by atoms with van der Waals surface area (Å²) in [6.45, 7) is 0. The van der Waals surface area contributed by atoms with Crippen molar-refractivity contribution in [2.24, 2.45) is 0 Å². The molecule has 2 nitrogen and oxygen atoms in total. The molecule has 14 heavy (non-hydrogen) atoms. The van der Waals surface area contributed by atoms with Gasteiger partial charge < -0.3 is 0 Å². The van der Waals surface area contributed by atoms with Crippen molar-refractivity contribution in [2.45, 2.75) is 0 Å². The van der Waals surface area contributed by atoms with Gasteiger partial charge in [0.2, 0.25) is 0 Å². The van der Waals surface area contributed by atoms with Crippen molar-refractivity contribution < 1.29 is 4.79 Å². The highest BCUT2D eigenvalue weighted by atomic mass is 79.9. The lowest BCUT2D eigenvalue weighted by Crippen LogP contribution is -1.89. The molecular formula is C10H4BrNOS. The molecule has 0 N–H and O–H groups in total. The highest BCUT2D eigenvalue weighted by Crippen LogP contribution is 2.32. The molecule has 0 radical (unpaired) electrons. The molecule has 1 heterocycles. The van der Waals surface area contributed by atoms with Crippen molar-refractivity contribution in [1.29, 1.82) is 5.26 Å². The number of nitrogens with zero attached hydrogens (tertiary/aromatic N) is 1. The summed E-state index contributed by atoms with van der Waals surface area (Å²) in [7, 11) is 0. The molecule has 1 aromatic heterocycles. The summed E-state index contributed by atoms with van der Waals surface area (Å²) >= 11 is 4.89. The average molecular weight is 266 g/mol. The summed E-state index contributed by atoms with van der Waals surface area (Å²) in [6, 6.07) is 5.69. The third-order valence-corrected chi connectivity index (χ3v) is 3.69. The van der Waals surface area contributed by atoms with E-state index in [1.807, 2.05) is 17.5 Å². The summed E-state index contributed by atoms with van der Waals surface area (Å²) in [4.78, 5) is 10.8. The predicted octanol–water partition coefficient (Wildman–Crippen LogP) is 3.35. The van der Waals surface area contributed by atoms with Crippen molar-refractivity contribution >= 4 is 43.6 Å². The van der Waals surface area contributed by atoms with Gasteiger partial charge in [0.25, 0.3) is 0 Å². The van der Waals surface area contributed by atoms with Crippen molar-refractivity contribution in [2.75, 3.05) is 0 Å². The zero-order chi connectivity index (χ0) is 10.1. The molecule has 2 rings (SSSR count). The molecule has 0 bridgehead atoms. The minimum absolute atomic E-state index is 0.418. The molecular weight excluding hydrogens is 262 g/mol. The second-order valence-corrected chi connectivity index (χ2v) is 4.45. The number of fused-ring (bicyclic) bond motifs is 1. The van der Waals surface area contributed by atoms with Gasteiger partial charge in [-0.1, -0.05) is 0 Å². The van der Waals surface area contributed by atoms with E-state index >= 15 is 0 Å². The third kappa shape index (κ3) is 1.26. The van der Waals surface area contributed by atoms with Gasteiger partial charge in [0, 0.05) is 20.1 Å². The summed E-state index contributed by atoms with van der Waals surface area (Å²) in [5.74, 6) is 0. The van der Waals surface area contributed by atoms with Crippen LogP contribution in [0.2, 0.25) is 0 Å². The Balaban J connectivity index is 2.94. The number of carbonyl (C=O) groups excluding carboxylic acids is 1. The molecule has 4 heteroatoms. The normalized spacial score (nSPS) is 10.0. The van der Waals surface area contributed by atoms with Crippen LogP contribution in [0.4, 0.5) is 0 Å². The molecule has 1 aromatic carbocycles. The Morgan fingerprint density at radius 1 is 1.57 bits per heavy atom. The first-order valence-electron chi connectivity index (χ1n) is 3.83. The van der Waals surface area contributed by atoms with Gasteiger partial charge in [-0.15, -0.1) is 11.3 Å². The fourth-order valence-corrected chi connectivity index (χ4v) is 2.91. The maximum Gasteiger partial charge on any atom is 0.152 e. The number of carbonyl (C=O) groups is 1. The smallest absolute Gasteiger partial charge is 0.152 e. The highest BCUT2D eigenvalue weighted by molar-refractivity contribution is 9.10. The van der Waals surface area contributed by atoms with Crippen LogP contribution >= 0.6 is 27.3 Å². The second-order valence-electron chi connectivity index (χ2n) is 2.71. The van der Waals surface area contributed by atoms with Crippen molar-refractivity contribution in [1.82, 2.24) is 0 Å². The van der Waals surface area contributed by atoms with Crippen LogP contribution in [0.25, 0.3) is 10.1 Å². The lowest BCUT2D eigenvalue weighted by Gasteiger charge is -2.00. The van der Waals surface area contributed by atoms with Crippen LogP contribution in [0.1, 0.15) is 15.9 Å². The number of hydrogen-bond donors (Lipinski definition) is 0. The van der Waals surface area contributed by atoms with Gasteiger partial charge in [0.15, 0.2) is 6.29 Å². The highest BCUT2D eigenvalue weighted by Gasteiger charge is 2.11. The van der Waals surface area contributed by atoms with Crippen LogP contribution in [-0.2, 0) is 0 Å². The van der Waals surface area contributed by atoms with Crippen LogP contribution in [0.5, 0.6) is 0 Å². The van der Waals surface area contributed by atoms with Gasteiger partial charge >= 0.3 is 0 Å². The molecule has 68 valence electrons. The molecule has 0 amide bonds. The molecule has 0 atom stereocenters. The van der Waals surface area contributed by atoms with Gasteiger partial charge in [-0.25, -0.2) is 0 Å². The number of rotatable bonds is 1. The van der Waals surface area contributed by atoms with E-state index in [9.17, 15) is 4.79 Å². The lowest BCUT2D eigenvalue weighted by molar-refractivity contribution is 0.112. The first-order valence-corrected chi connectivity index (χ1v) is 5.50. The van der Waals surface area contributed by atoms with Crippen LogP contribution in [0.3, 0.4) is 0 Å². The minimum Gasteiger partial charge on any atom is -0.298 e. The quantitative estimate of drug-likeness (QED) is 0.742. The Morgan fingerprint density at radius 3 is 3.00 bits per heavy atom. The lowest BCUT2D eigenvalue weighted by atomic mass is 10.1. The molecule has 0 unspecified atom stereocenters. The monoisotopic (exact) mass is 265 g/mol. The molecule has 0 aliphatic heterocycles. The van der Waals surface area contributed by atoms with E-state index in [1.54, 1.807) is 17.4 Å². The molecule has 0 aliphatic carbocycles. The zero-order valence-electron chi connectivity index (χ0n) is 6.95. The summed E-state index contributed by atoms with van der Waals surface area (Å²) in [6.07, 6.45) is 0.708. The first kappa shape index (κ1) is 9.38. The Kier molecular flexibility index (Phi) is 2.36. The Labute approximate surface area is 92.9 Å². The van der Waals surface area contributed by atoms with Crippen molar-refractivity contribution in [3.63, 3.8) is 0 Å². The van der Waals surface area contributed by atoms with E-state index in [0.717, 1.165) is 10.1 Å². The largest absolute Gasteiger partial charge is 0.298 e. The van der Waals surface area contributed by atoms with E-state index in [4.69, 9.17) is 5.26 Å². The summed E-state index contributed by atoms with van der Waals surface area (Å²) in [5.41, 5.74) is 0.847. The van der Waals surface area contributed by atoms with Crippen LogP contribution in [-0.4, -0.2) is 6.29 Å². The van der Waals surface area contributed by atoms with Gasteiger partial charge in [0.1, 0.15) is 0 Å². The number of aldehydes is 1. The molecule has 0 saturated carbocycles. The molecule has 0 spiro atoms. The van der Waals surface area contributed by atoms with Gasteiger partial charge in [-0.05, 0) is 33.4 Å². The number of thiophene rings is 1. The van der Waals surface area contributed by atoms with E-state index < -0.39 is 0 Å². The Morgan fingerprint density at radius 2 is 2.36 bits per heavy atom. The number of benzene rings is 1. The zero-order valence-corrected chi connectivity index (χ0v) is 9.35. The van der Waals surface area contributed by atoms with Crippen LogP contribution in [0, 0.1) is 11.3 Å².